The fraction of sp³-hybridized carbons (Fsp3) is 0.355. The van der Waals surface area contributed by atoms with Crippen LogP contribution in [0.3, 0.4) is 0 Å². The molecule has 1 saturated heterocycles. The van der Waals surface area contributed by atoms with E-state index in [0.29, 0.717) is 41.0 Å². The van der Waals surface area contributed by atoms with Crippen LogP contribution in [0.1, 0.15) is 35.5 Å². The summed E-state index contributed by atoms with van der Waals surface area (Å²) in [4.78, 5) is 48.9. The van der Waals surface area contributed by atoms with Gasteiger partial charge in [0.25, 0.3) is 5.91 Å². The third-order valence-electron chi connectivity index (χ3n) is 6.63. The second-order valence-corrected chi connectivity index (χ2v) is 11.7. The van der Waals surface area contributed by atoms with Gasteiger partial charge >= 0.3 is 0 Å². The number of rotatable bonds is 11. The summed E-state index contributed by atoms with van der Waals surface area (Å²) in [7, 11) is 0. The lowest BCUT2D eigenvalue weighted by Crippen LogP contribution is -2.49. The standard InChI is InChI=1S/C31H36ClN5O3S/c1-23(2)20-37(30(40)25-10-12-26(32)13-11-25)21-28(38)34-31-33-27(22-41-31)19-29(39)36-17-15-35(16-18-36)14-6-9-24-7-4-3-5-8-24/h3-13,22-23H,14-21H2,1-2H3,(H,33,34,38). The summed E-state index contributed by atoms with van der Waals surface area (Å²) in [6, 6.07) is 16.8. The van der Waals surface area contributed by atoms with Crippen molar-refractivity contribution in [3.8, 4) is 0 Å². The van der Waals surface area contributed by atoms with E-state index in [0.717, 1.165) is 19.6 Å². The van der Waals surface area contributed by atoms with Crippen LogP contribution in [0.4, 0.5) is 5.13 Å². The lowest BCUT2D eigenvalue weighted by Gasteiger charge is -2.34. The Morgan fingerprint density at radius 2 is 1.76 bits per heavy atom. The highest BCUT2D eigenvalue weighted by molar-refractivity contribution is 7.13. The molecule has 0 saturated carbocycles. The number of hydrogen-bond acceptors (Lipinski definition) is 6. The number of halogens is 1. The molecule has 10 heteroatoms. The van der Waals surface area contributed by atoms with Crippen LogP contribution < -0.4 is 5.32 Å². The van der Waals surface area contributed by atoms with E-state index in [1.54, 1.807) is 29.6 Å². The number of benzene rings is 2. The first-order valence-electron chi connectivity index (χ1n) is 13.8. The number of nitrogens with one attached hydrogen (secondary N) is 1. The Balaban J connectivity index is 1.23. The minimum atomic E-state index is -0.336. The molecule has 41 heavy (non-hydrogen) atoms. The number of anilines is 1. The number of carbonyl (C=O) groups excluding carboxylic acids is 3. The van der Waals surface area contributed by atoms with Gasteiger partial charge in [-0.1, -0.05) is 67.9 Å². The minimum absolute atomic E-state index is 0.0318. The van der Waals surface area contributed by atoms with Crippen LogP contribution in [0.2, 0.25) is 5.02 Å². The van der Waals surface area contributed by atoms with E-state index in [1.807, 2.05) is 36.9 Å². The summed E-state index contributed by atoms with van der Waals surface area (Å²) in [5.41, 5.74) is 2.28. The predicted molar refractivity (Wildman–Crippen MR) is 165 cm³/mol. The lowest BCUT2D eigenvalue weighted by atomic mass is 10.1. The van der Waals surface area contributed by atoms with Gasteiger partial charge in [-0.3, -0.25) is 19.3 Å². The van der Waals surface area contributed by atoms with Gasteiger partial charge in [0.1, 0.15) is 6.54 Å². The molecule has 2 heterocycles. The van der Waals surface area contributed by atoms with E-state index < -0.39 is 0 Å². The maximum Gasteiger partial charge on any atom is 0.254 e. The molecule has 0 bridgehead atoms. The molecule has 0 radical (unpaired) electrons. The Labute approximate surface area is 250 Å². The SMILES string of the molecule is CC(C)CN(CC(=O)Nc1nc(CC(=O)N2CCN(CC=Cc3ccccc3)CC2)cs1)C(=O)c1ccc(Cl)cc1. The Morgan fingerprint density at radius 3 is 2.44 bits per heavy atom. The smallest absolute Gasteiger partial charge is 0.254 e. The Bertz CT molecular complexity index is 1340. The summed E-state index contributed by atoms with van der Waals surface area (Å²) < 4.78 is 0. The summed E-state index contributed by atoms with van der Waals surface area (Å²) >= 11 is 7.22. The van der Waals surface area contributed by atoms with Crippen LogP contribution in [0.15, 0.2) is 66.1 Å². The zero-order valence-corrected chi connectivity index (χ0v) is 25.0. The van der Waals surface area contributed by atoms with E-state index >= 15 is 0 Å². The molecule has 0 unspecified atom stereocenters. The number of nitrogens with zero attached hydrogens (tertiary/aromatic N) is 4. The highest BCUT2D eigenvalue weighted by Crippen LogP contribution is 2.18. The largest absolute Gasteiger partial charge is 0.340 e. The van der Waals surface area contributed by atoms with Gasteiger partial charge in [0.05, 0.1) is 12.1 Å². The van der Waals surface area contributed by atoms with Crippen LogP contribution in [0.5, 0.6) is 0 Å². The molecular formula is C31H36ClN5O3S. The van der Waals surface area contributed by atoms with Gasteiger partial charge in [-0.15, -0.1) is 11.3 Å². The molecule has 8 nitrogen and oxygen atoms in total. The van der Waals surface area contributed by atoms with Gasteiger partial charge in [-0.05, 0) is 35.7 Å². The van der Waals surface area contributed by atoms with Crippen molar-refractivity contribution in [3.63, 3.8) is 0 Å². The topological polar surface area (TPSA) is 85.8 Å². The average molecular weight is 594 g/mol. The molecular weight excluding hydrogens is 558 g/mol. The van der Waals surface area contributed by atoms with Gasteiger partial charge in [0, 0.05) is 55.2 Å². The molecule has 0 aliphatic carbocycles. The second kappa shape index (κ2) is 14.9. The first-order chi connectivity index (χ1) is 19.8. The third-order valence-corrected chi connectivity index (χ3v) is 7.69. The molecule has 4 rings (SSSR count). The fourth-order valence-electron chi connectivity index (χ4n) is 4.56. The van der Waals surface area contributed by atoms with E-state index in [4.69, 9.17) is 11.6 Å². The molecule has 1 aliphatic heterocycles. The van der Waals surface area contributed by atoms with Crippen molar-refractivity contribution in [2.24, 2.45) is 5.92 Å². The Hall–Kier alpha value is -3.53. The molecule has 216 valence electrons. The number of hydrogen-bond donors (Lipinski definition) is 1. The molecule has 2 aromatic carbocycles. The van der Waals surface area contributed by atoms with Crippen molar-refractivity contribution >= 4 is 51.9 Å². The zero-order chi connectivity index (χ0) is 29.2. The van der Waals surface area contributed by atoms with Crippen molar-refractivity contribution in [1.82, 2.24) is 19.7 Å². The maximum atomic E-state index is 13.0. The van der Waals surface area contributed by atoms with Crippen LogP contribution in [-0.4, -0.2) is 83.2 Å². The molecule has 1 fully saturated rings. The van der Waals surface area contributed by atoms with Crippen molar-refractivity contribution in [1.29, 1.82) is 0 Å². The average Bonchev–Trinajstić information content (AvgIpc) is 3.39. The Morgan fingerprint density at radius 1 is 1.05 bits per heavy atom. The van der Waals surface area contributed by atoms with Crippen LogP contribution in [-0.2, 0) is 16.0 Å². The maximum absolute atomic E-state index is 13.0. The summed E-state index contributed by atoms with van der Waals surface area (Å²) in [5, 5.41) is 5.54. The molecule has 1 aliphatic rings. The normalized spacial score (nSPS) is 14.0. The van der Waals surface area contributed by atoms with Crippen molar-refractivity contribution in [3.05, 3.63) is 87.9 Å². The van der Waals surface area contributed by atoms with Gasteiger partial charge in [-0.25, -0.2) is 4.98 Å². The summed E-state index contributed by atoms with van der Waals surface area (Å²) in [6.45, 7) is 8.18. The molecule has 0 spiro atoms. The summed E-state index contributed by atoms with van der Waals surface area (Å²) in [5.74, 6) is -0.352. The minimum Gasteiger partial charge on any atom is -0.340 e. The van der Waals surface area contributed by atoms with Crippen LogP contribution in [0, 0.1) is 5.92 Å². The molecule has 1 N–H and O–H groups in total. The van der Waals surface area contributed by atoms with E-state index in [1.165, 1.54) is 21.8 Å². The number of thiazole rings is 1. The number of aromatic nitrogens is 1. The van der Waals surface area contributed by atoms with Crippen molar-refractivity contribution < 1.29 is 14.4 Å². The number of amides is 3. The molecule has 3 aromatic rings. The fourth-order valence-corrected chi connectivity index (χ4v) is 5.41. The van der Waals surface area contributed by atoms with E-state index in [9.17, 15) is 14.4 Å². The van der Waals surface area contributed by atoms with Crippen molar-refractivity contribution in [2.75, 3.05) is 51.1 Å². The van der Waals surface area contributed by atoms with Gasteiger partial charge in [0.2, 0.25) is 11.8 Å². The van der Waals surface area contributed by atoms with E-state index in [2.05, 4.69) is 39.5 Å². The van der Waals surface area contributed by atoms with Crippen LogP contribution in [0.25, 0.3) is 6.08 Å². The monoisotopic (exact) mass is 593 g/mol. The lowest BCUT2D eigenvalue weighted by molar-refractivity contribution is -0.132. The zero-order valence-electron chi connectivity index (χ0n) is 23.5. The first kappa shape index (κ1) is 30.4. The molecule has 1 aromatic heterocycles. The van der Waals surface area contributed by atoms with Crippen LogP contribution >= 0.6 is 22.9 Å². The third kappa shape index (κ3) is 9.52. The summed E-state index contributed by atoms with van der Waals surface area (Å²) in [6.07, 6.45) is 4.47. The van der Waals surface area contributed by atoms with E-state index in [-0.39, 0.29) is 36.6 Å². The molecule has 0 atom stereocenters. The number of carbonyl (C=O) groups is 3. The van der Waals surface area contributed by atoms with Gasteiger partial charge in [0.15, 0.2) is 5.13 Å². The predicted octanol–water partition coefficient (Wildman–Crippen LogP) is 4.93. The van der Waals surface area contributed by atoms with Crippen molar-refractivity contribution in [2.45, 2.75) is 20.3 Å². The molecule has 3 amide bonds. The van der Waals surface area contributed by atoms with Gasteiger partial charge in [-0.2, -0.15) is 0 Å². The van der Waals surface area contributed by atoms with Gasteiger partial charge < -0.3 is 15.1 Å². The first-order valence-corrected chi connectivity index (χ1v) is 15.0. The highest BCUT2D eigenvalue weighted by atomic mass is 35.5. The second-order valence-electron chi connectivity index (χ2n) is 10.4. The quantitative estimate of drug-likeness (QED) is 0.341. The highest BCUT2D eigenvalue weighted by Gasteiger charge is 2.23. The Kier molecular flexibility index (Phi) is 11.1. The number of piperazine rings is 1.